The van der Waals surface area contributed by atoms with Gasteiger partial charge in [-0.1, -0.05) is 0 Å². The molecule has 4 rings (SSSR count). The summed E-state index contributed by atoms with van der Waals surface area (Å²) in [6.07, 6.45) is 5.18. The zero-order valence-corrected chi connectivity index (χ0v) is 21.0. The van der Waals surface area contributed by atoms with Gasteiger partial charge in [-0.2, -0.15) is 28.3 Å². The molecule has 1 aliphatic heterocycles. The Kier molecular flexibility index (Phi) is 7.97. The summed E-state index contributed by atoms with van der Waals surface area (Å²) < 4.78 is 34.4. The van der Waals surface area contributed by atoms with E-state index in [-0.39, 0.29) is 16.3 Å². The quantitative estimate of drug-likeness (QED) is 0.180. The van der Waals surface area contributed by atoms with Crippen molar-refractivity contribution in [3.05, 3.63) is 64.0 Å². The first-order chi connectivity index (χ1) is 17.8. The average molecular weight is 527 g/mol. The van der Waals surface area contributed by atoms with Crippen molar-refractivity contribution in [2.45, 2.75) is 11.3 Å². The minimum absolute atomic E-state index is 0.251. The maximum absolute atomic E-state index is 13.4. The molecule has 0 atom stereocenters. The second kappa shape index (κ2) is 11.3. The Balaban J connectivity index is 1.53. The smallest absolute Gasteiger partial charge is 0.281 e. The average Bonchev–Trinajstić information content (AvgIpc) is 3.32. The Labute approximate surface area is 213 Å². The monoisotopic (exact) mass is 526 g/mol. The van der Waals surface area contributed by atoms with Crippen molar-refractivity contribution in [3.63, 3.8) is 0 Å². The summed E-state index contributed by atoms with van der Waals surface area (Å²) in [4.78, 5) is 12.7. The minimum Gasteiger partial charge on any atom is -0.384 e. The molecule has 1 aliphatic rings. The summed E-state index contributed by atoms with van der Waals surface area (Å²) in [6.45, 7) is 4.39. The Hall–Kier alpha value is -4.06. The predicted molar refractivity (Wildman–Crippen MR) is 136 cm³/mol. The number of morpholine rings is 1. The number of hydrogen-bond donors (Lipinski definition) is 1. The number of hydrogen-bond acceptors (Lipinski definition) is 10. The molecule has 3 heterocycles. The van der Waals surface area contributed by atoms with Crippen molar-refractivity contribution in [2.75, 3.05) is 51.8 Å². The Bertz CT molecular complexity index is 1460. The van der Waals surface area contributed by atoms with Crippen molar-refractivity contribution in [1.29, 1.82) is 5.26 Å². The minimum atomic E-state index is -4.24. The molecular formula is C23H26N8O5S. The highest BCUT2D eigenvalue weighted by Crippen LogP contribution is 2.29. The molecule has 1 N–H and O–H groups in total. The SMILES string of the molecule is CN(N=Cc1cnn2ccc(C#N)cc12)S(=O)(=O)c1cc([N+](=O)[O-])ccc1NCCCN1CCOCC1. The number of ether oxygens (including phenoxy) is 1. The van der Waals surface area contributed by atoms with E-state index in [0.29, 0.717) is 36.4 Å². The summed E-state index contributed by atoms with van der Waals surface area (Å²) >= 11 is 0. The molecule has 0 unspecified atom stereocenters. The van der Waals surface area contributed by atoms with E-state index >= 15 is 0 Å². The topological polar surface area (TPSA) is 158 Å². The van der Waals surface area contributed by atoms with Gasteiger partial charge in [-0.15, -0.1) is 0 Å². The number of nitrogens with zero attached hydrogens (tertiary/aromatic N) is 7. The largest absolute Gasteiger partial charge is 0.384 e. The molecule has 0 aliphatic carbocycles. The van der Waals surface area contributed by atoms with Gasteiger partial charge in [0.2, 0.25) is 0 Å². The second-order valence-corrected chi connectivity index (χ2v) is 10.2. The van der Waals surface area contributed by atoms with Gasteiger partial charge in [0.05, 0.1) is 53.4 Å². The maximum Gasteiger partial charge on any atom is 0.281 e. The molecule has 1 saturated heterocycles. The van der Waals surface area contributed by atoms with E-state index in [9.17, 15) is 18.5 Å². The Morgan fingerprint density at radius 1 is 1.32 bits per heavy atom. The van der Waals surface area contributed by atoms with Crippen molar-refractivity contribution in [3.8, 4) is 6.07 Å². The lowest BCUT2D eigenvalue weighted by atomic mass is 10.2. The molecule has 0 bridgehead atoms. The summed E-state index contributed by atoms with van der Waals surface area (Å²) in [5, 5.41) is 31.8. The Morgan fingerprint density at radius 2 is 2.11 bits per heavy atom. The molecule has 1 aromatic carbocycles. The highest BCUT2D eigenvalue weighted by Gasteiger charge is 2.26. The van der Waals surface area contributed by atoms with Gasteiger partial charge in [0, 0.05) is 50.6 Å². The zero-order chi connectivity index (χ0) is 26.4. The number of anilines is 1. The molecule has 3 aromatic rings. The third-order valence-corrected chi connectivity index (χ3v) is 7.60. The van der Waals surface area contributed by atoms with Crippen LogP contribution in [0, 0.1) is 21.4 Å². The lowest BCUT2D eigenvalue weighted by Gasteiger charge is -2.26. The molecule has 194 valence electrons. The van der Waals surface area contributed by atoms with Crippen LogP contribution < -0.4 is 5.32 Å². The van der Waals surface area contributed by atoms with Crippen molar-refractivity contribution < 1.29 is 18.1 Å². The zero-order valence-electron chi connectivity index (χ0n) is 20.1. The number of pyridine rings is 1. The van der Waals surface area contributed by atoms with E-state index in [0.717, 1.165) is 36.5 Å². The molecule has 37 heavy (non-hydrogen) atoms. The lowest BCUT2D eigenvalue weighted by molar-refractivity contribution is -0.385. The number of hydrazone groups is 1. The van der Waals surface area contributed by atoms with Gasteiger partial charge in [-0.25, -0.2) is 4.52 Å². The number of benzene rings is 1. The first-order valence-electron chi connectivity index (χ1n) is 11.5. The highest BCUT2D eigenvalue weighted by atomic mass is 32.2. The number of sulfonamides is 1. The van der Waals surface area contributed by atoms with Gasteiger partial charge in [0.15, 0.2) is 0 Å². The number of nitro benzene ring substituents is 1. The van der Waals surface area contributed by atoms with Gasteiger partial charge < -0.3 is 10.1 Å². The molecule has 13 nitrogen and oxygen atoms in total. The fourth-order valence-corrected chi connectivity index (χ4v) is 4.99. The fourth-order valence-electron chi connectivity index (χ4n) is 3.85. The standard InChI is InChI=1S/C23H26N8O5S/c1-28(26-16-19-17-27-30-8-5-18(15-24)13-22(19)30)37(34,35)23-14-20(31(32)33)3-4-21(23)25-6-2-7-29-9-11-36-12-10-29/h3-5,8,13-14,16-17,25H,2,6-7,9-12H2,1H3. The molecule has 14 heteroatoms. The molecule has 0 spiro atoms. The normalized spacial score (nSPS) is 14.6. The van der Waals surface area contributed by atoms with Gasteiger partial charge in [-0.3, -0.25) is 15.0 Å². The van der Waals surface area contributed by atoms with E-state index in [1.54, 1.807) is 18.3 Å². The van der Waals surface area contributed by atoms with E-state index in [1.165, 1.54) is 36.1 Å². The third-order valence-electron chi connectivity index (χ3n) is 5.91. The van der Waals surface area contributed by atoms with Crippen molar-refractivity contribution >= 4 is 33.1 Å². The van der Waals surface area contributed by atoms with E-state index in [2.05, 4.69) is 20.4 Å². The van der Waals surface area contributed by atoms with E-state index < -0.39 is 14.9 Å². The number of non-ortho nitro benzene ring substituents is 1. The number of fused-ring (bicyclic) bond motifs is 1. The molecule has 0 amide bonds. The first kappa shape index (κ1) is 26.0. The first-order valence-corrected chi connectivity index (χ1v) is 13.0. The highest BCUT2D eigenvalue weighted by molar-refractivity contribution is 7.89. The van der Waals surface area contributed by atoms with Crippen LogP contribution in [0.25, 0.3) is 5.52 Å². The lowest BCUT2D eigenvalue weighted by Crippen LogP contribution is -2.37. The number of nitriles is 1. The predicted octanol–water partition coefficient (Wildman–Crippen LogP) is 1.90. The van der Waals surface area contributed by atoms with Gasteiger partial charge >= 0.3 is 0 Å². The number of aromatic nitrogens is 2. The van der Waals surface area contributed by atoms with Crippen LogP contribution in [0.4, 0.5) is 11.4 Å². The molecule has 2 aromatic heterocycles. The summed E-state index contributed by atoms with van der Waals surface area (Å²) in [7, 11) is -2.99. The third kappa shape index (κ3) is 6.02. The second-order valence-electron chi connectivity index (χ2n) is 8.31. The van der Waals surface area contributed by atoms with Crippen LogP contribution in [0.2, 0.25) is 0 Å². The van der Waals surface area contributed by atoms with Crippen molar-refractivity contribution in [1.82, 2.24) is 18.9 Å². The van der Waals surface area contributed by atoms with E-state index in [4.69, 9.17) is 10.00 Å². The van der Waals surface area contributed by atoms with Crippen LogP contribution in [0.5, 0.6) is 0 Å². The van der Waals surface area contributed by atoms with Crippen LogP contribution in [-0.2, 0) is 14.8 Å². The Morgan fingerprint density at radius 3 is 2.84 bits per heavy atom. The van der Waals surface area contributed by atoms with Crippen LogP contribution in [0.15, 0.2) is 52.7 Å². The molecule has 0 saturated carbocycles. The fraction of sp³-hybridized carbons (Fsp3) is 0.348. The number of rotatable bonds is 10. The molecular weight excluding hydrogens is 500 g/mol. The van der Waals surface area contributed by atoms with Gasteiger partial charge in [-0.05, 0) is 31.2 Å². The number of nitro groups is 1. The van der Waals surface area contributed by atoms with Crippen LogP contribution in [0.3, 0.4) is 0 Å². The maximum atomic E-state index is 13.4. The van der Waals surface area contributed by atoms with Gasteiger partial charge in [0.25, 0.3) is 15.7 Å². The van der Waals surface area contributed by atoms with Crippen LogP contribution >= 0.6 is 0 Å². The summed E-state index contributed by atoms with van der Waals surface area (Å²) in [5.41, 5.74) is 1.40. The molecule has 0 radical (unpaired) electrons. The van der Waals surface area contributed by atoms with Gasteiger partial charge in [0.1, 0.15) is 4.90 Å². The van der Waals surface area contributed by atoms with Crippen LogP contribution in [-0.4, -0.2) is 84.9 Å². The summed E-state index contributed by atoms with van der Waals surface area (Å²) in [5.74, 6) is 0. The molecule has 1 fully saturated rings. The summed E-state index contributed by atoms with van der Waals surface area (Å²) in [6, 6.07) is 8.95. The van der Waals surface area contributed by atoms with Crippen molar-refractivity contribution in [2.24, 2.45) is 5.10 Å². The van der Waals surface area contributed by atoms with E-state index in [1.807, 2.05) is 6.07 Å². The van der Waals surface area contributed by atoms with Crippen LogP contribution in [0.1, 0.15) is 17.5 Å². The number of nitrogens with one attached hydrogen (secondary N) is 1.